The van der Waals surface area contributed by atoms with Crippen molar-refractivity contribution in [2.45, 2.75) is 6.42 Å². The van der Waals surface area contributed by atoms with E-state index in [1.165, 1.54) is 21.9 Å². The van der Waals surface area contributed by atoms with Crippen molar-refractivity contribution in [3.05, 3.63) is 53.9 Å². The highest BCUT2D eigenvalue weighted by molar-refractivity contribution is 5.89. The van der Waals surface area contributed by atoms with Crippen LogP contribution in [-0.4, -0.2) is 0 Å². The molecule has 1 aliphatic rings. The van der Waals surface area contributed by atoms with Gasteiger partial charge in [0.1, 0.15) is 0 Å². The van der Waals surface area contributed by atoms with Crippen LogP contribution in [0.1, 0.15) is 11.1 Å². The van der Waals surface area contributed by atoms with E-state index in [1.807, 2.05) is 0 Å². The monoisotopic (exact) mass is 153 g/mol. The van der Waals surface area contributed by atoms with Gasteiger partial charge in [-0.1, -0.05) is 36.4 Å². The van der Waals surface area contributed by atoms with E-state index in [9.17, 15) is 0 Å². The Morgan fingerprint density at radius 1 is 0.917 bits per heavy atom. The molecule has 0 bridgehead atoms. The Balaban J connectivity index is 2.49. The van der Waals surface area contributed by atoms with E-state index in [-0.39, 0.29) is 0 Å². The summed E-state index contributed by atoms with van der Waals surface area (Å²) in [6.45, 7) is 0. The third kappa shape index (κ3) is 0.672. The Kier molecular flexibility index (Phi) is 1.09. The van der Waals surface area contributed by atoms with Crippen molar-refractivity contribution in [2.24, 2.45) is 0 Å². The molecule has 0 spiro atoms. The van der Waals surface area contributed by atoms with Crippen LogP contribution in [0.15, 0.2) is 36.4 Å². The standard InChI is InChI=1S/C12H9/c1-2-4-11-9(3-1)5-6-10-7-8-12(10)11/h1-6,8H,7H2. The predicted molar refractivity (Wildman–Crippen MR) is 51.1 cm³/mol. The fraction of sp³-hybridized carbons (Fsp3) is 0.0833. The minimum absolute atomic E-state index is 1.15. The minimum Gasteiger partial charge on any atom is -0.0616 e. The van der Waals surface area contributed by atoms with E-state index in [1.54, 1.807) is 0 Å². The van der Waals surface area contributed by atoms with Crippen molar-refractivity contribution >= 4 is 10.8 Å². The maximum atomic E-state index is 2.30. The molecule has 0 saturated carbocycles. The molecule has 2 aromatic carbocycles. The molecule has 0 nitrogen and oxygen atoms in total. The molecule has 1 radical (unpaired) electrons. The number of hydrogen-bond acceptors (Lipinski definition) is 0. The third-order valence-electron chi connectivity index (χ3n) is 2.59. The fourth-order valence-electron chi connectivity index (χ4n) is 1.84. The first-order valence-corrected chi connectivity index (χ1v) is 4.29. The molecular weight excluding hydrogens is 144 g/mol. The van der Waals surface area contributed by atoms with Gasteiger partial charge in [-0.3, -0.25) is 0 Å². The summed E-state index contributed by atoms with van der Waals surface area (Å²) in [6, 6.07) is 13.0. The van der Waals surface area contributed by atoms with Crippen molar-refractivity contribution in [1.82, 2.24) is 0 Å². The molecule has 3 rings (SSSR count). The van der Waals surface area contributed by atoms with Crippen LogP contribution in [0.2, 0.25) is 0 Å². The van der Waals surface area contributed by atoms with Crippen molar-refractivity contribution < 1.29 is 0 Å². The van der Waals surface area contributed by atoms with Crippen LogP contribution in [0.4, 0.5) is 0 Å². The van der Waals surface area contributed by atoms with E-state index in [2.05, 4.69) is 42.8 Å². The van der Waals surface area contributed by atoms with Gasteiger partial charge in [0, 0.05) is 0 Å². The largest absolute Gasteiger partial charge is 0.0616 e. The Hall–Kier alpha value is -1.30. The summed E-state index contributed by atoms with van der Waals surface area (Å²) in [6.07, 6.45) is 3.46. The first kappa shape index (κ1) is 6.24. The summed E-state index contributed by atoms with van der Waals surface area (Å²) in [5.41, 5.74) is 2.95. The van der Waals surface area contributed by atoms with Gasteiger partial charge in [-0.25, -0.2) is 0 Å². The fourth-order valence-corrected chi connectivity index (χ4v) is 1.84. The molecule has 1 aliphatic carbocycles. The van der Waals surface area contributed by atoms with Crippen LogP contribution in [0.25, 0.3) is 10.8 Å². The molecule has 0 saturated heterocycles. The Morgan fingerprint density at radius 3 is 2.67 bits per heavy atom. The van der Waals surface area contributed by atoms with Gasteiger partial charge in [0.25, 0.3) is 0 Å². The van der Waals surface area contributed by atoms with Gasteiger partial charge in [0.15, 0.2) is 0 Å². The third-order valence-corrected chi connectivity index (χ3v) is 2.59. The van der Waals surface area contributed by atoms with Crippen molar-refractivity contribution in [3.63, 3.8) is 0 Å². The van der Waals surface area contributed by atoms with Crippen LogP contribution in [-0.2, 0) is 6.42 Å². The molecule has 0 aliphatic heterocycles. The molecule has 0 N–H and O–H groups in total. The van der Waals surface area contributed by atoms with Crippen LogP contribution < -0.4 is 0 Å². The second kappa shape index (κ2) is 2.10. The zero-order valence-electron chi connectivity index (χ0n) is 6.75. The molecule has 0 heterocycles. The van der Waals surface area contributed by atoms with Crippen molar-refractivity contribution in [1.29, 1.82) is 0 Å². The lowest BCUT2D eigenvalue weighted by Crippen LogP contribution is -2.05. The minimum atomic E-state index is 1.15. The highest BCUT2D eigenvalue weighted by Crippen LogP contribution is 2.31. The zero-order chi connectivity index (χ0) is 7.97. The molecule has 0 aromatic heterocycles. The SMILES string of the molecule is [CH]1Cc2ccc3ccccc3c21. The van der Waals surface area contributed by atoms with E-state index in [0.717, 1.165) is 6.42 Å². The first-order valence-electron chi connectivity index (χ1n) is 4.29. The van der Waals surface area contributed by atoms with Crippen LogP contribution >= 0.6 is 0 Å². The average molecular weight is 153 g/mol. The van der Waals surface area contributed by atoms with E-state index in [0.29, 0.717) is 0 Å². The Bertz CT molecular complexity index is 441. The lowest BCUT2D eigenvalue weighted by molar-refractivity contribution is 1.06. The molecule has 0 heteroatoms. The molecule has 57 valence electrons. The van der Waals surface area contributed by atoms with Gasteiger partial charge < -0.3 is 0 Å². The predicted octanol–water partition coefficient (Wildman–Crippen LogP) is 2.95. The molecule has 0 fully saturated rings. The Labute approximate surface area is 71.8 Å². The van der Waals surface area contributed by atoms with Gasteiger partial charge in [0.05, 0.1) is 0 Å². The van der Waals surface area contributed by atoms with Gasteiger partial charge in [-0.15, -0.1) is 0 Å². The molecule has 0 unspecified atom stereocenters. The summed E-state index contributed by atoms with van der Waals surface area (Å²) in [5, 5.41) is 2.76. The highest BCUT2D eigenvalue weighted by Gasteiger charge is 2.15. The second-order valence-electron chi connectivity index (χ2n) is 3.27. The van der Waals surface area contributed by atoms with Crippen LogP contribution in [0, 0.1) is 6.42 Å². The summed E-state index contributed by atoms with van der Waals surface area (Å²) in [7, 11) is 0. The number of benzene rings is 2. The zero-order valence-corrected chi connectivity index (χ0v) is 6.75. The van der Waals surface area contributed by atoms with Gasteiger partial charge in [-0.05, 0) is 34.7 Å². The van der Waals surface area contributed by atoms with Gasteiger partial charge >= 0.3 is 0 Å². The van der Waals surface area contributed by atoms with E-state index >= 15 is 0 Å². The number of rotatable bonds is 0. The van der Waals surface area contributed by atoms with Crippen LogP contribution in [0.5, 0.6) is 0 Å². The molecule has 2 aromatic rings. The van der Waals surface area contributed by atoms with Crippen molar-refractivity contribution in [2.75, 3.05) is 0 Å². The lowest BCUT2D eigenvalue weighted by atomic mass is 9.84. The first-order chi connectivity index (χ1) is 5.95. The average Bonchev–Trinajstić information content (AvgIpc) is 2.05. The maximum absolute atomic E-state index is 2.30. The Morgan fingerprint density at radius 2 is 1.83 bits per heavy atom. The molecule has 0 amide bonds. The smallest absolute Gasteiger partial charge is 0.00401 e. The quantitative estimate of drug-likeness (QED) is 0.546. The van der Waals surface area contributed by atoms with Crippen LogP contribution in [0.3, 0.4) is 0 Å². The normalized spacial score (nSPS) is 14.0. The summed E-state index contributed by atoms with van der Waals surface area (Å²) >= 11 is 0. The maximum Gasteiger partial charge on any atom is -0.00401 e. The van der Waals surface area contributed by atoms with E-state index in [4.69, 9.17) is 0 Å². The van der Waals surface area contributed by atoms with Gasteiger partial charge in [-0.2, -0.15) is 0 Å². The number of hydrogen-bond donors (Lipinski definition) is 0. The molecule has 12 heavy (non-hydrogen) atoms. The lowest BCUT2D eigenvalue weighted by Gasteiger charge is -2.20. The summed E-state index contributed by atoms with van der Waals surface area (Å²) in [4.78, 5) is 0. The van der Waals surface area contributed by atoms with E-state index < -0.39 is 0 Å². The molecule has 0 atom stereocenters. The second-order valence-corrected chi connectivity index (χ2v) is 3.27. The number of fused-ring (bicyclic) bond motifs is 3. The molecular formula is C12H9. The summed E-state index contributed by atoms with van der Waals surface area (Å²) in [5.74, 6) is 0. The van der Waals surface area contributed by atoms with Crippen molar-refractivity contribution in [3.8, 4) is 0 Å². The summed E-state index contributed by atoms with van der Waals surface area (Å²) < 4.78 is 0. The topological polar surface area (TPSA) is 0 Å². The van der Waals surface area contributed by atoms with Gasteiger partial charge in [0.2, 0.25) is 0 Å². The highest BCUT2D eigenvalue weighted by atomic mass is 14.2.